The fourth-order valence-electron chi connectivity index (χ4n) is 8.37. The van der Waals surface area contributed by atoms with E-state index in [1.807, 2.05) is 18.5 Å². The van der Waals surface area contributed by atoms with E-state index in [2.05, 4.69) is 147 Å². The monoisotopic (exact) mass is 858 g/mol. The molecule has 0 radical (unpaired) electrons. The molecule has 0 bridgehead atoms. The number of rotatable bonds is 3. The SMILES string of the molecule is CC(C)(C)c1ccnc(-n2c3[c-]c4c(cc3c3ccccc32)C(C)(C)c2ccccc2N4c2[c-]c(C3=N[C@@H]4c5ccccc5C[C@@H]4O3)ncc2)c1.[Pt+2]. The van der Waals surface area contributed by atoms with Crippen LogP contribution in [0.15, 0.2) is 114 Å². The number of aliphatic imine (C=N–C) groups is 1. The summed E-state index contributed by atoms with van der Waals surface area (Å²) in [5.41, 5.74) is 11.5. The zero-order valence-corrected chi connectivity index (χ0v) is 32.0. The summed E-state index contributed by atoms with van der Waals surface area (Å²) in [5, 5.41) is 2.33. The predicted molar refractivity (Wildman–Crippen MR) is 204 cm³/mol. The van der Waals surface area contributed by atoms with E-state index in [4.69, 9.17) is 19.7 Å². The first kappa shape index (κ1) is 32.8. The number of hydrogen-bond donors (Lipinski definition) is 0. The topological polar surface area (TPSA) is 55.5 Å². The molecule has 0 fully saturated rings. The van der Waals surface area contributed by atoms with Crippen LogP contribution in [0.3, 0.4) is 0 Å². The van der Waals surface area contributed by atoms with Gasteiger partial charge in [-0.05, 0) is 68.9 Å². The average molecular weight is 859 g/mol. The van der Waals surface area contributed by atoms with Crippen molar-refractivity contribution < 1.29 is 25.8 Å². The number of hydrogen-bond acceptors (Lipinski definition) is 5. The van der Waals surface area contributed by atoms with Gasteiger partial charge in [0.05, 0.1) is 0 Å². The van der Waals surface area contributed by atoms with Crippen LogP contribution in [-0.4, -0.2) is 26.5 Å². The average Bonchev–Trinajstić information content (AvgIpc) is 3.81. The van der Waals surface area contributed by atoms with Gasteiger partial charge in [-0.15, -0.1) is 29.1 Å². The Hall–Kier alpha value is -5.06. The van der Waals surface area contributed by atoms with E-state index in [9.17, 15) is 0 Å². The van der Waals surface area contributed by atoms with Crippen LogP contribution < -0.4 is 4.90 Å². The van der Waals surface area contributed by atoms with Crippen LogP contribution >= 0.6 is 0 Å². The molecule has 10 rings (SSSR count). The molecule has 3 aromatic heterocycles. The van der Waals surface area contributed by atoms with Crippen LogP contribution in [0.25, 0.3) is 27.6 Å². The van der Waals surface area contributed by atoms with Crippen LogP contribution in [0, 0.1) is 12.1 Å². The van der Waals surface area contributed by atoms with Gasteiger partial charge in [0, 0.05) is 29.5 Å². The van der Waals surface area contributed by atoms with Gasteiger partial charge >= 0.3 is 21.1 Å². The fourth-order valence-corrected chi connectivity index (χ4v) is 8.37. The van der Waals surface area contributed by atoms with Crippen molar-refractivity contribution in [3.63, 3.8) is 0 Å². The Balaban J connectivity index is 0.00000360. The van der Waals surface area contributed by atoms with E-state index in [1.165, 1.54) is 33.2 Å². The summed E-state index contributed by atoms with van der Waals surface area (Å²) >= 11 is 0. The van der Waals surface area contributed by atoms with Crippen molar-refractivity contribution in [3.8, 4) is 5.82 Å². The van der Waals surface area contributed by atoms with Gasteiger partial charge in [-0.3, -0.25) is 4.98 Å². The Morgan fingerprint density at radius 3 is 2.44 bits per heavy atom. The third-order valence-corrected chi connectivity index (χ3v) is 11.0. The van der Waals surface area contributed by atoms with Gasteiger partial charge in [-0.25, -0.2) is 4.98 Å². The molecule has 4 aromatic carbocycles. The van der Waals surface area contributed by atoms with Crippen molar-refractivity contribution in [1.29, 1.82) is 0 Å². The van der Waals surface area contributed by atoms with Gasteiger partial charge in [-0.2, -0.15) is 6.07 Å². The molecule has 258 valence electrons. The van der Waals surface area contributed by atoms with Gasteiger partial charge in [0.2, 0.25) is 0 Å². The fraction of sp³-hybridized carbons (Fsp3) is 0.222. The van der Waals surface area contributed by atoms with Gasteiger partial charge in [0.1, 0.15) is 23.9 Å². The normalized spacial score (nSPS) is 18.2. The molecule has 0 unspecified atom stereocenters. The van der Waals surface area contributed by atoms with E-state index >= 15 is 0 Å². The van der Waals surface area contributed by atoms with E-state index in [1.54, 1.807) is 0 Å². The Morgan fingerprint density at radius 2 is 1.58 bits per heavy atom. The number of benzene rings is 4. The Labute approximate surface area is 318 Å². The zero-order valence-electron chi connectivity index (χ0n) is 29.7. The molecule has 2 aliphatic heterocycles. The summed E-state index contributed by atoms with van der Waals surface area (Å²) in [6, 6.07) is 42.1. The number of nitrogens with zero attached hydrogens (tertiary/aromatic N) is 5. The van der Waals surface area contributed by atoms with Crippen LogP contribution in [0.4, 0.5) is 17.1 Å². The van der Waals surface area contributed by atoms with E-state index in [0.717, 1.165) is 45.7 Å². The number of fused-ring (bicyclic) bond motifs is 8. The first-order chi connectivity index (χ1) is 24.7. The van der Waals surface area contributed by atoms with E-state index in [0.29, 0.717) is 11.6 Å². The summed E-state index contributed by atoms with van der Waals surface area (Å²) in [5.74, 6) is 1.43. The molecule has 0 saturated carbocycles. The molecule has 0 saturated heterocycles. The van der Waals surface area contributed by atoms with E-state index < -0.39 is 0 Å². The zero-order chi connectivity index (χ0) is 34.6. The Bertz CT molecular complexity index is 2600. The minimum absolute atomic E-state index is 0. The second-order valence-electron chi connectivity index (χ2n) is 15.5. The second kappa shape index (κ2) is 11.7. The van der Waals surface area contributed by atoms with Crippen LogP contribution in [-0.2, 0) is 43.1 Å². The van der Waals surface area contributed by atoms with Gasteiger partial charge in [0.15, 0.2) is 0 Å². The number of anilines is 3. The van der Waals surface area contributed by atoms with Crippen molar-refractivity contribution in [2.75, 3.05) is 4.90 Å². The maximum Gasteiger partial charge on any atom is 2.00 e. The molecule has 0 N–H and O–H groups in total. The van der Waals surface area contributed by atoms with Crippen molar-refractivity contribution in [3.05, 3.63) is 155 Å². The Kier molecular flexibility index (Phi) is 7.40. The summed E-state index contributed by atoms with van der Waals surface area (Å²) < 4.78 is 8.75. The number of ether oxygens (including phenoxy) is 1. The number of para-hydroxylation sites is 2. The molecule has 52 heavy (non-hydrogen) atoms. The molecule has 0 amide bonds. The quantitative estimate of drug-likeness (QED) is 0.166. The maximum atomic E-state index is 6.48. The van der Waals surface area contributed by atoms with Crippen molar-refractivity contribution >= 4 is 44.8 Å². The summed E-state index contributed by atoms with van der Waals surface area (Å²) in [6.07, 6.45) is 4.60. The largest absolute Gasteiger partial charge is 2.00 e. The molecule has 3 aliphatic rings. The predicted octanol–water partition coefficient (Wildman–Crippen LogP) is 10.0. The first-order valence-electron chi connectivity index (χ1n) is 17.7. The van der Waals surface area contributed by atoms with Crippen LogP contribution in [0.5, 0.6) is 0 Å². The van der Waals surface area contributed by atoms with Gasteiger partial charge < -0.3 is 19.2 Å². The molecular weight excluding hydrogens is 822 g/mol. The van der Waals surface area contributed by atoms with Crippen molar-refractivity contribution in [2.45, 2.75) is 64.0 Å². The van der Waals surface area contributed by atoms with Gasteiger partial charge in [0.25, 0.3) is 0 Å². The first-order valence-corrected chi connectivity index (χ1v) is 17.7. The summed E-state index contributed by atoms with van der Waals surface area (Å²) in [6.45, 7) is 11.4. The molecule has 7 heteroatoms. The minimum Gasteiger partial charge on any atom is -0.526 e. The maximum absolute atomic E-state index is 6.48. The molecule has 6 nitrogen and oxygen atoms in total. The number of aromatic nitrogens is 3. The van der Waals surface area contributed by atoms with Crippen molar-refractivity contribution in [1.82, 2.24) is 14.5 Å². The third-order valence-electron chi connectivity index (χ3n) is 11.0. The molecule has 7 aromatic rings. The number of pyridine rings is 2. The molecule has 1 aliphatic carbocycles. The standard InChI is InChI=1S/C45H37N5O.Pt/c1-44(2,3)28-18-20-47-41(23-28)50-36-16-10-8-14-31(36)32-25-34-39(26-38(32)50)49(37-17-11-9-15-33(37)45(34,4)5)29-19-21-46-35(24-29)43-48-42-30-13-7-6-12-27(30)22-40(42)51-43;/h6-21,23,25,40,42H,22H2,1-5H3;/q-2;+2/t40-,42+;/m0./s1. The van der Waals surface area contributed by atoms with E-state index in [-0.39, 0.29) is 44.0 Å². The molecular formula is C45H37N5OPt. The second-order valence-corrected chi connectivity index (χ2v) is 15.5. The molecule has 5 heterocycles. The third kappa shape index (κ3) is 4.84. The summed E-state index contributed by atoms with van der Waals surface area (Å²) in [4.78, 5) is 17.0. The van der Waals surface area contributed by atoms with Crippen LogP contribution in [0.2, 0.25) is 0 Å². The molecule has 2 atom stereocenters. The molecule has 0 spiro atoms. The smallest absolute Gasteiger partial charge is 0.526 e. The van der Waals surface area contributed by atoms with Crippen LogP contribution in [0.1, 0.15) is 74.2 Å². The van der Waals surface area contributed by atoms with Crippen molar-refractivity contribution in [2.24, 2.45) is 4.99 Å². The summed E-state index contributed by atoms with van der Waals surface area (Å²) in [7, 11) is 0. The minimum atomic E-state index is -0.292. The Morgan fingerprint density at radius 1 is 0.808 bits per heavy atom. The van der Waals surface area contributed by atoms with Gasteiger partial charge in [-0.1, -0.05) is 112 Å².